The second kappa shape index (κ2) is 8.22. The van der Waals surface area contributed by atoms with Crippen LogP contribution in [0.5, 0.6) is 0 Å². The minimum atomic E-state index is -0.460. The molecule has 8 rings (SSSR count). The van der Waals surface area contributed by atoms with Gasteiger partial charge in [-0.05, 0) is 53.5 Å². The van der Waals surface area contributed by atoms with Crippen molar-refractivity contribution in [2.24, 2.45) is 0 Å². The van der Waals surface area contributed by atoms with Crippen molar-refractivity contribution >= 4 is 43.6 Å². The van der Waals surface area contributed by atoms with Crippen LogP contribution in [0, 0.1) is 0 Å². The zero-order valence-corrected chi connectivity index (χ0v) is 20.1. The second-order valence-electron chi connectivity index (χ2n) is 9.22. The summed E-state index contributed by atoms with van der Waals surface area (Å²) < 4.78 is 73.0. The van der Waals surface area contributed by atoms with Gasteiger partial charge in [-0.3, -0.25) is 0 Å². The van der Waals surface area contributed by atoms with Crippen molar-refractivity contribution in [1.82, 2.24) is 9.13 Å². The van der Waals surface area contributed by atoms with Crippen molar-refractivity contribution in [3.8, 4) is 22.5 Å². The Bertz CT molecular complexity index is 2470. The van der Waals surface area contributed by atoms with Crippen LogP contribution in [0.1, 0.15) is 11.0 Å². The third-order valence-corrected chi connectivity index (χ3v) is 7.18. The zero-order valence-electron chi connectivity index (χ0n) is 28.1. The molecule has 8 aromatic rings. The molecule has 0 N–H and O–H groups in total. The van der Waals surface area contributed by atoms with Crippen molar-refractivity contribution in [2.45, 2.75) is 0 Å². The molecule has 0 unspecified atom stereocenters. The Morgan fingerprint density at radius 3 is 1.76 bits per heavy atom. The fourth-order valence-electron chi connectivity index (χ4n) is 5.56. The molecule has 6 aromatic carbocycles. The molecule has 0 aliphatic heterocycles. The van der Waals surface area contributed by atoms with E-state index in [0.29, 0.717) is 5.69 Å². The molecular formula is C36H24N2. The average Bonchev–Trinajstić information content (AvgIpc) is 3.63. The van der Waals surface area contributed by atoms with E-state index in [1.54, 1.807) is 4.57 Å². The summed E-state index contributed by atoms with van der Waals surface area (Å²) >= 11 is 0. The molecule has 2 nitrogen and oxygen atoms in total. The monoisotopic (exact) mass is 492 g/mol. The van der Waals surface area contributed by atoms with Crippen LogP contribution in [-0.4, -0.2) is 9.13 Å². The average molecular weight is 493 g/mol. The van der Waals surface area contributed by atoms with Gasteiger partial charge in [0, 0.05) is 27.2 Å². The lowest BCUT2D eigenvalue weighted by Crippen LogP contribution is -1.96. The van der Waals surface area contributed by atoms with Gasteiger partial charge in [-0.2, -0.15) is 0 Å². The summed E-state index contributed by atoms with van der Waals surface area (Å²) in [6.45, 7) is 0. The van der Waals surface area contributed by atoms with Crippen LogP contribution in [0.15, 0.2) is 145 Å². The first kappa shape index (κ1) is 14.6. The standard InChI is InChI=1S/C36H24N2/c1-2-11-25(12-3-1)26-21-23-27(24-22-26)37-33-18-9-6-15-30(33)36-34(37)19-10-20-35(36)38-31-16-7-4-13-28(31)29-14-5-8-17-32(29)38/h1-24H/i4D,5D,7D,8D,13D,14D,16D,17D. The quantitative estimate of drug-likeness (QED) is 0.232. The first-order valence-electron chi connectivity index (χ1n) is 16.4. The van der Waals surface area contributed by atoms with E-state index in [2.05, 4.69) is 41.0 Å². The number of nitrogens with zero attached hydrogens (tertiary/aromatic N) is 2. The fraction of sp³-hybridized carbons (Fsp3) is 0. The van der Waals surface area contributed by atoms with Crippen molar-refractivity contribution in [3.63, 3.8) is 0 Å². The van der Waals surface area contributed by atoms with Crippen molar-refractivity contribution in [3.05, 3.63) is 145 Å². The number of aromatic nitrogens is 2. The number of rotatable bonds is 3. The molecule has 0 radical (unpaired) electrons. The highest BCUT2D eigenvalue weighted by Crippen LogP contribution is 2.39. The molecule has 0 saturated carbocycles. The lowest BCUT2D eigenvalue weighted by atomic mass is 10.1. The highest BCUT2D eigenvalue weighted by molar-refractivity contribution is 6.16. The van der Waals surface area contributed by atoms with Crippen molar-refractivity contribution in [1.29, 1.82) is 0 Å². The molecule has 2 heteroatoms. The Balaban J connectivity index is 1.52. The van der Waals surface area contributed by atoms with Gasteiger partial charge in [-0.25, -0.2) is 0 Å². The molecule has 2 heterocycles. The first-order valence-corrected chi connectivity index (χ1v) is 12.4. The smallest absolute Gasteiger partial charge is 0.0645 e. The zero-order chi connectivity index (χ0) is 32.0. The Labute approximate surface area is 231 Å². The number of hydrogen-bond acceptors (Lipinski definition) is 0. The van der Waals surface area contributed by atoms with Crippen molar-refractivity contribution in [2.75, 3.05) is 0 Å². The van der Waals surface area contributed by atoms with Gasteiger partial charge < -0.3 is 9.13 Å². The molecule has 0 saturated heterocycles. The van der Waals surface area contributed by atoms with E-state index in [-0.39, 0.29) is 46.0 Å². The van der Waals surface area contributed by atoms with Gasteiger partial charge in [0.15, 0.2) is 0 Å². The van der Waals surface area contributed by atoms with E-state index in [1.165, 1.54) is 0 Å². The maximum absolute atomic E-state index is 8.97. The molecule has 0 amide bonds. The number of benzene rings is 6. The summed E-state index contributed by atoms with van der Waals surface area (Å²) in [6.07, 6.45) is 0. The van der Waals surface area contributed by atoms with Gasteiger partial charge in [0.05, 0.1) is 38.7 Å². The molecule has 0 spiro atoms. The van der Waals surface area contributed by atoms with E-state index in [1.807, 2.05) is 60.7 Å². The van der Waals surface area contributed by atoms with Gasteiger partial charge in [0.1, 0.15) is 0 Å². The van der Waals surface area contributed by atoms with Gasteiger partial charge in [0.25, 0.3) is 0 Å². The first-order chi connectivity index (χ1) is 22.2. The molecular weight excluding hydrogens is 460 g/mol. The molecule has 178 valence electrons. The predicted molar refractivity (Wildman–Crippen MR) is 161 cm³/mol. The van der Waals surface area contributed by atoms with E-state index in [9.17, 15) is 0 Å². The highest BCUT2D eigenvalue weighted by atomic mass is 15.0. The fourth-order valence-corrected chi connectivity index (χ4v) is 5.56. The third kappa shape index (κ3) is 3.01. The van der Waals surface area contributed by atoms with Crippen LogP contribution >= 0.6 is 0 Å². The number of hydrogen-bond donors (Lipinski definition) is 0. The van der Waals surface area contributed by atoms with Crippen LogP contribution in [-0.2, 0) is 0 Å². The molecule has 0 bridgehead atoms. The Morgan fingerprint density at radius 1 is 0.421 bits per heavy atom. The SMILES string of the molecule is [2H]c1c([2H])c([2H])c2c(c1[2H])c1c([2H])c([2H])c([2H])c([2H])c1n2-c1cccc2c1c1ccccc1n2-c1ccc(-c2ccccc2)cc1. The number of fused-ring (bicyclic) bond motifs is 6. The van der Waals surface area contributed by atoms with E-state index in [0.717, 1.165) is 38.6 Å². The van der Waals surface area contributed by atoms with E-state index < -0.39 is 24.2 Å². The molecule has 2 aromatic heterocycles. The summed E-state index contributed by atoms with van der Waals surface area (Å²) in [4.78, 5) is 0. The molecule has 38 heavy (non-hydrogen) atoms. The summed E-state index contributed by atoms with van der Waals surface area (Å²) in [5.74, 6) is 0. The summed E-state index contributed by atoms with van der Waals surface area (Å²) in [7, 11) is 0. The summed E-state index contributed by atoms with van der Waals surface area (Å²) in [6, 6.07) is 28.9. The third-order valence-electron chi connectivity index (χ3n) is 7.18. The van der Waals surface area contributed by atoms with Crippen molar-refractivity contribution < 1.29 is 11.0 Å². The maximum atomic E-state index is 8.97. The Kier molecular flexibility index (Phi) is 3.16. The Hall–Kier alpha value is -5.08. The van der Waals surface area contributed by atoms with Crippen LogP contribution in [0.25, 0.3) is 66.1 Å². The molecule has 0 aliphatic rings. The lowest BCUT2D eigenvalue weighted by molar-refractivity contribution is 1.17. The second-order valence-corrected chi connectivity index (χ2v) is 9.22. The minimum absolute atomic E-state index is 0.0604. The largest absolute Gasteiger partial charge is 0.309 e. The van der Waals surface area contributed by atoms with Gasteiger partial charge in [0.2, 0.25) is 0 Å². The van der Waals surface area contributed by atoms with Gasteiger partial charge in [-0.1, -0.05) is 103 Å². The normalized spacial score (nSPS) is 14.6. The van der Waals surface area contributed by atoms with E-state index in [4.69, 9.17) is 11.0 Å². The molecule has 0 atom stereocenters. The van der Waals surface area contributed by atoms with E-state index >= 15 is 0 Å². The lowest BCUT2D eigenvalue weighted by Gasteiger charge is -2.12. The predicted octanol–water partition coefficient (Wildman–Crippen LogP) is 9.55. The van der Waals surface area contributed by atoms with Crippen LogP contribution < -0.4 is 0 Å². The van der Waals surface area contributed by atoms with Crippen LogP contribution in [0.4, 0.5) is 0 Å². The Morgan fingerprint density at radius 2 is 1.03 bits per heavy atom. The number of para-hydroxylation sites is 3. The summed E-state index contributed by atoms with van der Waals surface area (Å²) in [5.41, 5.74) is 5.62. The molecule has 0 fully saturated rings. The van der Waals surface area contributed by atoms with Crippen LogP contribution in [0.3, 0.4) is 0 Å². The van der Waals surface area contributed by atoms with Gasteiger partial charge in [-0.15, -0.1) is 0 Å². The topological polar surface area (TPSA) is 9.86 Å². The van der Waals surface area contributed by atoms with Crippen LogP contribution in [0.2, 0.25) is 0 Å². The highest BCUT2D eigenvalue weighted by Gasteiger charge is 2.19. The molecule has 0 aliphatic carbocycles. The van der Waals surface area contributed by atoms with Gasteiger partial charge >= 0.3 is 0 Å². The minimum Gasteiger partial charge on any atom is -0.309 e. The summed E-state index contributed by atoms with van der Waals surface area (Å²) in [5, 5.41) is 1.79. The maximum Gasteiger partial charge on any atom is 0.0645 e.